The summed E-state index contributed by atoms with van der Waals surface area (Å²) in [4.78, 5) is 12.6. The molecule has 0 unspecified atom stereocenters. The second-order valence-electron chi connectivity index (χ2n) is 8.06. The standard InChI is InChI=1S/C23H31NO2/c1-7-21(26-20-14-10-18(11-15-20)23(4,5)6)22(25)24-19-12-8-17(9-13-19)16(2)3/h8-16,21H,7H2,1-6H3,(H,24,25)/t21-/m1/s1. The van der Waals surface area contributed by atoms with Crippen LogP contribution in [0.5, 0.6) is 5.75 Å². The van der Waals surface area contributed by atoms with Crippen molar-refractivity contribution >= 4 is 11.6 Å². The lowest BCUT2D eigenvalue weighted by atomic mass is 9.87. The summed E-state index contributed by atoms with van der Waals surface area (Å²) in [7, 11) is 0. The first-order chi connectivity index (χ1) is 12.2. The molecule has 0 fully saturated rings. The molecule has 3 heteroatoms. The summed E-state index contributed by atoms with van der Waals surface area (Å²) in [5.74, 6) is 1.07. The lowest BCUT2D eigenvalue weighted by Gasteiger charge is -2.21. The highest BCUT2D eigenvalue weighted by Crippen LogP contribution is 2.25. The van der Waals surface area contributed by atoms with Crippen molar-refractivity contribution in [2.75, 3.05) is 5.32 Å². The Labute approximate surface area is 157 Å². The van der Waals surface area contributed by atoms with Crippen molar-refractivity contribution in [2.45, 2.75) is 65.4 Å². The number of benzene rings is 2. The van der Waals surface area contributed by atoms with Crippen LogP contribution in [0.2, 0.25) is 0 Å². The zero-order valence-electron chi connectivity index (χ0n) is 16.8. The van der Waals surface area contributed by atoms with Gasteiger partial charge in [-0.2, -0.15) is 0 Å². The van der Waals surface area contributed by atoms with Gasteiger partial charge in [0.05, 0.1) is 0 Å². The van der Waals surface area contributed by atoms with Crippen molar-refractivity contribution in [2.24, 2.45) is 0 Å². The van der Waals surface area contributed by atoms with Gasteiger partial charge in [0.2, 0.25) is 0 Å². The largest absolute Gasteiger partial charge is 0.481 e. The third-order valence-corrected chi connectivity index (χ3v) is 4.51. The summed E-state index contributed by atoms with van der Waals surface area (Å²) in [6, 6.07) is 16.0. The molecule has 0 spiro atoms. The van der Waals surface area contributed by atoms with E-state index in [0.29, 0.717) is 12.3 Å². The van der Waals surface area contributed by atoms with E-state index in [1.165, 1.54) is 11.1 Å². The van der Waals surface area contributed by atoms with E-state index in [1.807, 2.05) is 43.3 Å². The van der Waals surface area contributed by atoms with Gasteiger partial charge >= 0.3 is 0 Å². The number of carbonyl (C=O) groups excluding carboxylic acids is 1. The first kappa shape index (κ1) is 20.0. The van der Waals surface area contributed by atoms with Gasteiger partial charge in [-0.15, -0.1) is 0 Å². The molecule has 0 radical (unpaired) electrons. The third-order valence-electron chi connectivity index (χ3n) is 4.51. The Balaban J connectivity index is 2.02. The van der Waals surface area contributed by atoms with Gasteiger partial charge in [0, 0.05) is 5.69 Å². The number of anilines is 1. The summed E-state index contributed by atoms with van der Waals surface area (Å²) >= 11 is 0. The van der Waals surface area contributed by atoms with E-state index in [2.05, 4.69) is 52.1 Å². The number of hydrogen-bond acceptors (Lipinski definition) is 2. The van der Waals surface area contributed by atoms with Crippen LogP contribution >= 0.6 is 0 Å². The minimum atomic E-state index is -0.514. The SMILES string of the molecule is CC[C@@H](Oc1ccc(C(C)(C)C)cc1)C(=O)Nc1ccc(C(C)C)cc1. The number of rotatable bonds is 6. The molecule has 26 heavy (non-hydrogen) atoms. The zero-order chi connectivity index (χ0) is 19.3. The van der Waals surface area contributed by atoms with E-state index < -0.39 is 6.10 Å². The van der Waals surface area contributed by atoms with E-state index in [0.717, 1.165) is 11.4 Å². The van der Waals surface area contributed by atoms with Crippen LogP contribution in [0.25, 0.3) is 0 Å². The average Bonchev–Trinajstić information content (AvgIpc) is 2.59. The molecule has 2 aromatic carbocycles. The van der Waals surface area contributed by atoms with Crippen molar-refractivity contribution in [1.29, 1.82) is 0 Å². The molecule has 0 aliphatic heterocycles. The molecule has 0 aliphatic carbocycles. The van der Waals surface area contributed by atoms with Gasteiger partial charge < -0.3 is 10.1 Å². The van der Waals surface area contributed by atoms with Gasteiger partial charge in [-0.1, -0.05) is 65.8 Å². The Morgan fingerprint density at radius 2 is 1.58 bits per heavy atom. The fraction of sp³-hybridized carbons (Fsp3) is 0.435. The molecular weight excluding hydrogens is 322 g/mol. The van der Waals surface area contributed by atoms with Crippen LogP contribution in [0.1, 0.15) is 65.0 Å². The first-order valence-electron chi connectivity index (χ1n) is 9.38. The number of nitrogens with one attached hydrogen (secondary N) is 1. The Morgan fingerprint density at radius 3 is 2.04 bits per heavy atom. The van der Waals surface area contributed by atoms with Crippen LogP contribution in [-0.4, -0.2) is 12.0 Å². The van der Waals surface area contributed by atoms with Crippen molar-refractivity contribution < 1.29 is 9.53 Å². The Hall–Kier alpha value is -2.29. The molecular formula is C23H31NO2. The number of carbonyl (C=O) groups is 1. The highest BCUT2D eigenvalue weighted by Gasteiger charge is 2.19. The predicted octanol–water partition coefficient (Wildman–Crippen LogP) is 5.90. The molecule has 1 amide bonds. The van der Waals surface area contributed by atoms with E-state index in [1.54, 1.807) is 0 Å². The average molecular weight is 354 g/mol. The van der Waals surface area contributed by atoms with Gasteiger partial charge in [-0.05, 0) is 53.1 Å². The summed E-state index contributed by atoms with van der Waals surface area (Å²) in [5.41, 5.74) is 3.39. The predicted molar refractivity (Wildman–Crippen MR) is 109 cm³/mol. The maximum atomic E-state index is 12.6. The van der Waals surface area contributed by atoms with E-state index in [-0.39, 0.29) is 11.3 Å². The van der Waals surface area contributed by atoms with Crippen molar-refractivity contribution in [3.8, 4) is 5.75 Å². The molecule has 1 N–H and O–H groups in total. The van der Waals surface area contributed by atoms with Crippen molar-refractivity contribution in [1.82, 2.24) is 0 Å². The number of ether oxygens (including phenoxy) is 1. The third kappa shape index (κ3) is 5.35. The quantitative estimate of drug-likeness (QED) is 0.702. The first-order valence-corrected chi connectivity index (χ1v) is 9.38. The molecule has 2 rings (SSSR count). The lowest BCUT2D eigenvalue weighted by Crippen LogP contribution is -2.32. The molecule has 0 saturated heterocycles. The topological polar surface area (TPSA) is 38.3 Å². The van der Waals surface area contributed by atoms with Crippen LogP contribution in [0.15, 0.2) is 48.5 Å². The molecule has 0 aliphatic rings. The molecule has 1 atom stereocenters. The monoisotopic (exact) mass is 353 g/mol. The van der Waals surface area contributed by atoms with Crippen LogP contribution < -0.4 is 10.1 Å². The molecule has 0 saturated carbocycles. The summed E-state index contributed by atoms with van der Waals surface area (Å²) in [6.07, 6.45) is 0.0944. The van der Waals surface area contributed by atoms with Crippen LogP contribution in [0.4, 0.5) is 5.69 Å². The second-order valence-corrected chi connectivity index (χ2v) is 8.06. The zero-order valence-corrected chi connectivity index (χ0v) is 16.8. The number of hydrogen-bond donors (Lipinski definition) is 1. The fourth-order valence-electron chi connectivity index (χ4n) is 2.69. The molecule has 0 bridgehead atoms. The Bertz CT molecular complexity index is 709. The minimum Gasteiger partial charge on any atom is -0.481 e. The second kappa shape index (κ2) is 8.39. The molecule has 140 valence electrons. The normalized spacial score (nSPS) is 12.7. The van der Waals surface area contributed by atoms with Gasteiger partial charge in [-0.25, -0.2) is 0 Å². The van der Waals surface area contributed by atoms with E-state index in [4.69, 9.17) is 4.74 Å². The Kier molecular flexibility index (Phi) is 6.47. The maximum Gasteiger partial charge on any atom is 0.265 e. The van der Waals surface area contributed by atoms with Gasteiger partial charge in [-0.3, -0.25) is 4.79 Å². The van der Waals surface area contributed by atoms with Crippen LogP contribution in [-0.2, 0) is 10.2 Å². The highest BCUT2D eigenvalue weighted by molar-refractivity contribution is 5.94. The molecule has 3 nitrogen and oxygen atoms in total. The van der Waals surface area contributed by atoms with E-state index >= 15 is 0 Å². The van der Waals surface area contributed by atoms with Gasteiger partial charge in [0.15, 0.2) is 6.10 Å². The number of amides is 1. The Morgan fingerprint density at radius 1 is 1.00 bits per heavy atom. The van der Waals surface area contributed by atoms with E-state index in [9.17, 15) is 4.79 Å². The fourth-order valence-corrected chi connectivity index (χ4v) is 2.69. The molecule has 0 heterocycles. The van der Waals surface area contributed by atoms with Crippen LogP contribution in [0.3, 0.4) is 0 Å². The lowest BCUT2D eigenvalue weighted by molar-refractivity contribution is -0.122. The minimum absolute atomic E-state index is 0.0994. The van der Waals surface area contributed by atoms with Gasteiger partial charge in [0.25, 0.3) is 5.91 Å². The van der Waals surface area contributed by atoms with Crippen molar-refractivity contribution in [3.63, 3.8) is 0 Å². The highest BCUT2D eigenvalue weighted by atomic mass is 16.5. The van der Waals surface area contributed by atoms with Crippen molar-refractivity contribution in [3.05, 3.63) is 59.7 Å². The molecule has 2 aromatic rings. The smallest absolute Gasteiger partial charge is 0.265 e. The summed E-state index contributed by atoms with van der Waals surface area (Å²) in [6.45, 7) is 12.8. The maximum absolute atomic E-state index is 12.6. The van der Waals surface area contributed by atoms with Crippen LogP contribution in [0, 0.1) is 0 Å². The molecule has 0 aromatic heterocycles. The van der Waals surface area contributed by atoms with Gasteiger partial charge in [0.1, 0.15) is 5.75 Å². The summed E-state index contributed by atoms with van der Waals surface area (Å²) in [5, 5.41) is 2.95. The summed E-state index contributed by atoms with van der Waals surface area (Å²) < 4.78 is 5.92.